The van der Waals surface area contributed by atoms with Crippen LogP contribution in [0.2, 0.25) is 0 Å². The van der Waals surface area contributed by atoms with Crippen molar-refractivity contribution in [1.29, 1.82) is 0 Å². The van der Waals surface area contributed by atoms with E-state index >= 15 is 0 Å². The van der Waals surface area contributed by atoms with Gasteiger partial charge in [-0.25, -0.2) is 0 Å². The molecule has 0 radical (unpaired) electrons. The summed E-state index contributed by atoms with van der Waals surface area (Å²) in [6.45, 7) is 10.5. The third-order valence-electron chi connectivity index (χ3n) is 5.00. The predicted molar refractivity (Wildman–Crippen MR) is 81.4 cm³/mol. The van der Waals surface area contributed by atoms with Gasteiger partial charge < -0.3 is 15.4 Å². The van der Waals surface area contributed by atoms with E-state index in [1.54, 1.807) is 0 Å². The second-order valence-electron chi connectivity index (χ2n) is 6.64. The first kappa shape index (κ1) is 14.1. The van der Waals surface area contributed by atoms with Gasteiger partial charge in [-0.3, -0.25) is 0 Å². The summed E-state index contributed by atoms with van der Waals surface area (Å²) in [6.07, 6.45) is 1.54. The second-order valence-corrected chi connectivity index (χ2v) is 6.64. The molecule has 1 aliphatic carbocycles. The molecular formula is C17H26N2O. The van der Waals surface area contributed by atoms with Gasteiger partial charge in [0, 0.05) is 37.7 Å². The molecule has 0 bridgehead atoms. The Morgan fingerprint density at radius 3 is 2.85 bits per heavy atom. The van der Waals surface area contributed by atoms with Crippen LogP contribution in [-0.4, -0.2) is 18.8 Å². The van der Waals surface area contributed by atoms with Crippen molar-refractivity contribution in [2.75, 3.05) is 6.61 Å². The molecular weight excluding hydrogens is 248 g/mol. The van der Waals surface area contributed by atoms with E-state index in [0.717, 1.165) is 32.7 Å². The lowest BCUT2D eigenvalue weighted by Crippen LogP contribution is -2.60. The van der Waals surface area contributed by atoms with Gasteiger partial charge >= 0.3 is 0 Å². The van der Waals surface area contributed by atoms with Gasteiger partial charge in [-0.1, -0.05) is 32.0 Å². The van der Waals surface area contributed by atoms with Crippen molar-refractivity contribution in [3.63, 3.8) is 0 Å². The Kier molecular flexibility index (Phi) is 3.85. The minimum atomic E-state index is 0.244. The summed E-state index contributed by atoms with van der Waals surface area (Å²) in [7, 11) is 0. The van der Waals surface area contributed by atoms with Crippen LogP contribution in [0.3, 0.4) is 0 Å². The van der Waals surface area contributed by atoms with E-state index in [1.165, 1.54) is 16.7 Å². The summed E-state index contributed by atoms with van der Waals surface area (Å²) < 4.78 is 5.79. The average Bonchev–Trinajstić information content (AvgIpc) is 2.89. The van der Waals surface area contributed by atoms with Crippen molar-refractivity contribution in [2.45, 2.75) is 59.0 Å². The second kappa shape index (κ2) is 5.47. The molecule has 2 N–H and O–H groups in total. The van der Waals surface area contributed by atoms with Crippen molar-refractivity contribution in [3.8, 4) is 0 Å². The largest absolute Gasteiger partial charge is 0.378 e. The minimum Gasteiger partial charge on any atom is -0.378 e. The number of rotatable bonds is 5. The molecule has 3 heteroatoms. The van der Waals surface area contributed by atoms with Crippen molar-refractivity contribution in [2.24, 2.45) is 5.41 Å². The monoisotopic (exact) mass is 274 g/mol. The Morgan fingerprint density at radius 1 is 1.30 bits per heavy atom. The van der Waals surface area contributed by atoms with E-state index in [1.807, 2.05) is 0 Å². The van der Waals surface area contributed by atoms with E-state index in [4.69, 9.17) is 4.74 Å². The molecule has 2 aliphatic rings. The first-order valence-corrected chi connectivity index (χ1v) is 7.77. The highest BCUT2D eigenvalue weighted by molar-refractivity contribution is 5.34. The predicted octanol–water partition coefficient (Wildman–Crippen LogP) is 2.58. The van der Waals surface area contributed by atoms with E-state index < -0.39 is 0 Å². The van der Waals surface area contributed by atoms with Crippen LogP contribution >= 0.6 is 0 Å². The van der Waals surface area contributed by atoms with Gasteiger partial charge in [-0.2, -0.15) is 0 Å². The van der Waals surface area contributed by atoms with Gasteiger partial charge in [0.1, 0.15) is 0 Å². The molecule has 2 atom stereocenters. The number of hydrogen-bond acceptors (Lipinski definition) is 3. The zero-order chi connectivity index (χ0) is 14.2. The van der Waals surface area contributed by atoms with Gasteiger partial charge in [0.25, 0.3) is 0 Å². The average molecular weight is 274 g/mol. The topological polar surface area (TPSA) is 33.3 Å². The first-order chi connectivity index (χ1) is 9.61. The molecule has 1 heterocycles. The Balaban J connectivity index is 1.56. The number of hydrogen-bond donors (Lipinski definition) is 2. The molecule has 0 spiro atoms. The summed E-state index contributed by atoms with van der Waals surface area (Å²) in [5, 5.41) is 7.10. The van der Waals surface area contributed by atoms with Gasteiger partial charge in [0.05, 0.1) is 6.10 Å². The highest BCUT2D eigenvalue weighted by atomic mass is 16.5. The Labute approximate surface area is 122 Å². The molecule has 20 heavy (non-hydrogen) atoms. The van der Waals surface area contributed by atoms with E-state index in [2.05, 4.69) is 49.6 Å². The number of nitrogens with one attached hydrogen (secondary N) is 2. The standard InChI is InChI=1S/C17H26N2O/c1-4-20-16-8-15(17(16,2)3)19-9-12-5-6-13-10-18-11-14(13)7-12/h5-7,15-16,18-19H,4,8-11H2,1-3H3. The van der Waals surface area contributed by atoms with Gasteiger partial charge in [-0.15, -0.1) is 0 Å². The number of ether oxygens (including phenoxy) is 1. The van der Waals surface area contributed by atoms with Crippen LogP contribution in [0, 0.1) is 5.41 Å². The van der Waals surface area contributed by atoms with Crippen LogP contribution in [-0.2, 0) is 24.4 Å². The van der Waals surface area contributed by atoms with Crippen LogP contribution in [0.25, 0.3) is 0 Å². The van der Waals surface area contributed by atoms with Crippen LogP contribution < -0.4 is 10.6 Å². The molecule has 1 aliphatic heterocycles. The summed E-state index contributed by atoms with van der Waals surface area (Å²) >= 11 is 0. The third kappa shape index (κ3) is 2.50. The van der Waals surface area contributed by atoms with E-state index in [0.29, 0.717) is 12.1 Å². The van der Waals surface area contributed by atoms with Crippen molar-refractivity contribution < 1.29 is 4.74 Å². The maximum absolute atomic E-state index is 5.79. The smallest absolute Gasteiger partial charge is 0.0655 e. The lowest BCUT2D eigenvalue weighted by Gasteiger charge is -2.52. The number of benzene rings is 1. The van der Waals surface area contributed by atoms with Gasteiger partial charge in [-0.05, 0) is 30.0 Å². The zero-order valence-corrected chi connectivity index (χ0v) is 12.8. The highest BCUT2D eigenvalue weighted by Crippen LogP contribution is 2.42. The van der Waals surface area contributed by atoms with Crippen LogP contribution in [0.5, 0.6) is 0 Å². The maximum Gasteiger partial charge on any atom is 0.0655 e. The number of fused-ring (bicyclic) bond motifs is 1. The lowest BCUT2D eigenvalue weighted by atomic mass is 9.64. The van der Waals surface area contributed by atoms with E-state index in [-0.39, 0.29) is 5.41 Å². The van der Waals surface area contributed by atoms with Crippen molar-refractivity contribution >= 4 is 0 Å². The van der Waals surface area contributed by atoms with Crippen LogP contribution in [0.1, 0.15) is 43.9 Å². The van der Waals surface area contributed by atoms with Crippen molar-refractivity contribution in [1.82, 2.24) is 10.6 Å². The molecule has 2 unspecified atom stereocenters. The molecule has 0 aromatic heterocycles. The lowest BCUT2D eigenvalue weighted by molar-refractivity contribution is -0.114. The maximum atomic E-state index is 5.79. The fourth-order valence-electron chi connectivity index (χ4n) is 3.41. The van der Waals surface area contributed by atoms with Crippen LogP contribution in [0.15, 0.2) is 18.2 Å². The molecule has 110 valence electrons. The Bertz CT molecular complexity index is 484. The normalized spacial score (nSPS) is 27.1. The third-order valence-corrected chi connectivity index (χ3v) is 5.00. The summed E-state index contributed by atoms with van der Waals surface area (Å²) in [5.74, 6) is 0. The van der Waals surface area contributed by atoms with Gasteiger partial charge in [0.2, 0.25) is 0 Å². The summed E-state index contributed by atoms with van der Waals surface area (Å²) in [5.41, 5.74) is 4.55. The van der Waals surface area contributed by atoms with Crippen molar-refractivity contribution in [3.05, 3.63) is 34.9 Å². The molecule has 3 nitrogen and oxygen atoms in total. The zero-order valence-electron chi connectivity index (χ0n) is 12.8. The quantitative estimate of drug-likeness (QED) is 0.866. The molecule has 3 rings (SSSR count). The fourth-order valence-corrected chi connectivity index (χ4v) is 3.41. The molecule has 1 aromatic rings. The van der Waals surface area contributed by atoms with E-state index in [9.17, 15) is 0 Å². The highest BCUT2D eigenvalue weighted by Gasteiger charge is 2.48. The SMILES string of the molecule is CCOC1CC(NCc2ccc3c(c2)CNC3)C1(C)C. The molecule has 1 aromatic carbocycles. The molecule has 1 saturated carbocycles. The fraction of sp³-hybridized carbons (Fsp3) is 0.647. The van der Waals surface area contributed by atoms with Gasteiger partial charge in [0.15, 0.2) is 0 Å². The van der Waals surface area contributed by atoms with Crippen LogP contribution in [0.4, 0.5) is 0 Å². The molecule has 0 saturated heterocycles. The first-order valence-electron chi connectivity index (χ1n) is 7.77. The Hall–Kier alpha value is -0.900. The summed E-state index contributed by atoms with van der Waals surface area (Å²) in [4.78, 5) is 0. The molecule has 0 amide bonds. The molecule has 1 fully saturated rings. The minimum absolute atomic E-state index is 0.244. The Morgan fingerprint density at radius 2 is 2.10 bits per heavy atom. The summed E-state index contributed by atoms with van der Waals surface area (Å²) in [6, 6.07) is 7.42.